The Balaban J connectivity index is 2.24. The molecule has 0 saturated carbocycles. The van der Waals surface area contributed by atoms with Crippen LogP contribution in [-0.4, -0.2) is 32.0 Å². The van der Waals surface area contributed by atoms with Gasteiger partial charge in [-0.3, -0.25) is 9.79 Å². The maximum atomic E-state index is 11.5. The molecule has 118 valence electrons. The van der Waals surface area contributed by atoms with Crippen LogP contribution in [0.2, 0.25) is 0 Å². The average Bonchev–Trinajstić information content (AvgIpc) is 2.96. The zero-order chi connectivity index (χ0) is 15.5. The first-order chi connectivity index (χ1) is 10.2. The van der Waals surface area contributed by atoms with Crippen LogP contribution in [-0.2, 0) is 17.8 Å². The Bertz CT molecular complexity index is 456. The molecule has 1 aromatic rings. The number of carbonyl (C=O) groups excluding carboxylic acids is 1. The van der Waals surface area contributed by atoms with Gasteiger partial charge in [-0.25, -0.2) is 0 Å². The first-order valence-corrected chi connectivity index (χ1v) is 8.30. The standard InChI is InChI=1S/C15H26N4OS/c1-4-9-17-14(20)8-10-18-15(16-3)19-11-13-7-6-12(5-2)21-13/h6-7H,4-5,8-11H2,1-3H3,(H,17,20)(H2,16,18,19). The fourth-order valence-electron chi connectivity index (χ4n) is 1.75. The van der Waals surface area contributed by atoms with Crippen molar-refractivity contribution in [2.45, 2.75) is 39.7 Å². The summed E-state index contributed by atoms with van der Waals surface area (Å²) < 4.78 is 0. The van der Waals surface area contributed by atoms with Gasteiger partial charge in [-0.2, -0.15) is 0 Å². The summed E-state index contributed by atoms with van der Waals surface area (Å²) in [5.74, 6) is 0.801. The molecular weight excluding hydrogens is 284 g/mol. The number of rotatable bonds is 8. The minimum absolute atomic E-state index is 0.0747. The minimum Gasteiger partial charge on any atom is -0.356 e. The number of aryl methyl sites for hydroxylation is 1. The summed E-state index contributed by atoms with van der Waals surface area (Å²) in [5, 5.41) is 9.26. The molecule has 0 saturated heterocycles. The van der Waals surface area contributed by atoms with Crippen molar-refractivity contribution in [3.63, 3.8) is 0 Å². The van der Waals surface area contributed by atoms with Crippen molar-refractivity contribution in [3.05, 3.63) is 21.9 Å². The third-order valence-electron chi connectivity index (χ3n) is 2.94. The molecule has 0 bridgehead atoms. The molecule has 0 aliphatic rings. The molecule has 0 aliphatic carbocycles. The molecule has 0 aliphatic heterocycles. The highest BCUT2D eigenvalue weighted by atomic mass is 32.1. The number of guanidine groups is 1. The van der Waals surface area contributed by atoms with Crippen molar-refractivity contribution in [2.75, 3.05) is 20.1 Å². The first-order valence-electron chi connectivity index (χ1n) is 7.48. The molecule has 0 fully saturated rings. The predicted molar refractivity (Wildman–Crippen MR) is 89.8 cm³/mol. The SMILES string of the molecule is CCCNC(=O)CCNC(=NC)NCc1ccc(CC)s1. The maximum absolute atomic E-state index is 11.5. The number of amides is 1. The lowest BCUT2D eigenvalue weighted by Crippen LogP contribution is -2.38. The summed E-state index contributed by atoms with van der Waals surface area (Å²) in [6, 6.07) is 4.30. The summed E-state index contributed by atoms with van der Waals surface area (Å²) in [5.41, 5.74) is 0. The van der Waals surface area contributed by atoms with Gasteiger partial charge in [-0.1, -0.05) is 13.8 Å². The van der Waals surface area contributed by atoms with Gasteiger partial charge in [-0.15, -0.1) is 11.3 Å². The molecule has 1 rings (SSSR count). The number of nitrogens with zero attached hydrogens (tertiary/aromatic N) is 1. The van der Waals surface area contributed by atoms with Crippen LogP contribution in [0.4, 0.5) is 0 Å². The van der Waals surface area contributed by atoms with Gasteiger partial charge in [0.05, 0.1) is 6.54 Å². The van der Waals surface area contributed by atoms with Gasteiger partial charge in [0.15, 0.2) is 5.96 Å². The highest BCUT2D eigenvalue weighted by Gasteiger charge is 2.03. The smallest absolute Gasteiger partial charge is 0.221 e. The number of nitrogens with one attached hydrogen (secondary N) is 3. The first kappa shape index (κ1) is 17.5. The van der Waals surface area contributed by atoms with Gasteiger partial charge < -0.3 is 16.0 Å². The zero-order valence-corrected chi connectivity index (χ0v) is 14.0. The van der Waals surface area contributed by atoms with Gasteiger partial charge in [0.1, 0.15) is 0 Å². The van der Waals surface area contributed by atoms with E-state index < -0.39 is 0 Å². The maximum Gasteiger partial charge on any atom is 0.221 e. The van der Waals surface area contributed by atoms with Gasteiger partial charge in [0.25, 0.3) is 0 Å². The van der Waals surface area contributed by atoms with E-state index in [0.29, 0.717) is 13.0 Å². The summed E-state index contributed by atoms with van der Waals surface area (Å²) in [7, 11) is 1.73. The molecule has 0 atom stereocenters. The molecule has 5 nitrogen and oxygen atoms in total. The van der Waals surface area contributed by atoms with E-state index in [1.165, 1.54) is 9.75 Å². The third-order valence-corrected chi connectivity index (χ3v) is 4.17. The summed E-state index contributed by atoms with van der Waals surface area (Å²) in [6.45, 7) is 6.28. The Morgan fingerprint density at radius 2 is 1.90 bits per heavy atom. The topological polar surface area (TPSA) is 65.5 Å². The summed E-state index contributed by atoms with van der Waals surface area (Å²) in [4.78, 5) is 18.3. The highest BCUT2D eigenvalue weighted by Crippen LogP contribution is 2.16. The molecule has 6 heteroatoms. The van der Waals surface area contributed by atoms with Crippen LogP contribution in [0.25, 0.3) is 0 Å². The van der Waals surface area contributed by atoms with Crippen LogP contribution in [0.15, 0.2) is 17.1 Å². The van der Waals surface area contributed by atoms with Crippen molar-refractivity contribution in [2.24, 2.45) is 4.99 Å². The van der Waals surface area contributed by atoms with E-state index in [1.54, 1.807) is 7.05 Å². The van der Waals surface area contributed by atoms with E-state index >= 15 is 0 Å². The van der Waals surface area contributed by atoms with Crippen LogP contribution in [0.5, 0.6) is 0 Å². The fourth-order valence-corrected chi connectivity index (χ4v) is 2.64. The number of hydrogen-bond donors (Lipinski definition) is 3. The van der Waals surface area contributed by atoms with Crippen molar-refractivity contribution >= 4 is 23.2 Å². The second-order valence-corrected chi connectivity index (χ2v) is 5.93. The van der Waals surface area contributed by atoms with Crippen LogP contribution < -0.4 is 16.0 Å². The monoisotopic (exact) mass is 310 g/mol. The Kier molecular flexibility index (Phi) is 8.50. The van der Waals surface area contributed by atoms with Crippen molar-refractivity contribution in [1.29, 1.82) is 0 Å². The lowest BCUT2D eigenvalue weighted by Gasteiger charge is -2.11. The van der Waals surface area contributed by atoms with Crippen molar-refractivity contribution in [3.8, 4) is 0 Å². The Morgan fingerprint density at radius 1 is 1.14 bits per heavy atom. The van der Waals surface area contributed by atoms with Crippen LogP contribution in [0.1, 0.15) is 36.4 Å². The molecule has 0 radical (unpaired) electrons. The number of aliphatic imine (C=N–C) groups is 1. The summed E-state index contributed by atoms with van der Waals surface area (Å²) >= 11 is 1.81. The van der Waals surface area contributed by atoms with Crippen LogP contribution in [0, 0.1) is 0 Å². The normalized spacial score (nSPS) is 11.3. The van der Waals surface area contributed by atoms with E-state index in [-0.39, 0.29) is 5.91 Å². The van der Waals surface area contributed by atoms with E-state index in [1.807, 2.05) is 18.3 Å². The second kappa shape index (κ2) is 10.2. The van der Waals surface area contributed by atoms with Crippen LogP contribution >= 0.6 is 11.3 Å². The van der Waals surface area contributed by atoms with E-state index in [4.69, 9.17) is 0 Å². The van der Waals surface area contributed by atoms with Gasteiger partial charge in [0.2, 0.25) is 5.91 Å². The lowest BCUT2D eigenvalue weighted by molar-refractivity contribution is -0.120. The molecule has 1 amide bonds. The molecular formula is C15H26N4OS. The Hall–Kier alpha value is -1.56. The van der Waals surface area contributed by atoms with E-state index in [0.717, 1.165) is 31.9 Å². The highest BCUT2D eigenvalue weighted by molar-refractivity contribution is 7.11. The third kappa shape index (κ3) is 7.13. The number of thiophene rings is 1. The molecule has 0 spiro atoms. The number of carbonyl (C=O) groups is 1. The quantitative estimate of drug-likeness (QED) is 0.507. The molecule has 0 unspecified atom stereocenters. The predicted octanol–water partition coefficient (Wildman–Crippen LogP) is 1.89. The largest absolute Gasteiger partial charge is 0.356 e. The summed E-state index contributed by atoms with van der Waals surface area (Å²) in [6.07, 6.45) is 2.49. The zero-order valence-electron chi connectivity index (χ0n) is 13.2. The fraction of sp³-hybridized carbons (Fsp3) is 0.600. The minimum atomic E-state index is 0.0747. The van der Waals surface area contributed by atoms with Gasteiger partial charge in [-0.05, 0) is 25.0 Å². The molecule has 21 heavy (non-hydrogen) atoms. The van der Waals surface area contributed by atoms with Gasteiger partial charge in [0, 0.05) is 36.3 Å². The Labute approximate surface area is 131 Å². The second-order valence-electron chi connectivity index (χ2n) is 4.67. The van der Waals surface area contributed by atoms with E-state index in [2.05, 4.69) is 40.0 Å². The van der Waals surface area contributed by atoms with Crippen molar-refractivity contribution in [1.82, 2.24) is 16.0 Å². The van der Waals surface area contributed by atoms with Gasteiger partial charge >= 0.3 is 0 Å². The molecule has 1 aromatic heterocycles. The Morgan fingerprint density at radius 3 is 2.52 bits per heavy atom. The molecule has 1 heterocycles. The van der Waals surface area contributed by atoms with Crippen LogP contribution in [0.3, 0.4) is 0 Å². The van der Waals surface area contributed by atoms with E-state index in [9.17, 15) is 4.79 Å². The van der Waals surface area contributed by atoms with Crippen molar-refractivity contribution < 1.29 is 4.79 Å². The average molecular weight is 310 g/mol. The number of hydrogen-bond acceptors (Lipinski definition) is 3. The molecule has 3 N–H and O–H groups in total. The lowest BCUT2D eigenvalue weighted by atomic mass is 10.3. The molecule has 0 aromatic carbocycles.